The van der Waals surface area contributed by atoms with Crippen molar-refractivity contribution in [1.29, 1.82) is 0 Å². The van der Waals surface area contributed by atoms with Crippen LogP contribution in [-0.4, -0.2) is 64.5 Å². The van der Waals surface area contributed by atoms with Gasteiger partial charge < -0.3 is 25.8 Å². The van der Waals surface area contributed by atoms with Crippen LogP contribution in [-0.2, 0) is 19.1 Å². The molecule has 1 heterocycles. The molecule has 5 aliphatic carbocycles. The maximum absolute atomic E-state index is 13.9. The summed E-state index contributed by atoms with van der Waals surface area (Å²) < 4.78 is 6.14. The third-order valence-electron chi connectivity index (χ3n) is 15.6. The minimum Gasteiger partial charge on any atom is -0.481 e. The van der Waals surface area contributed by atoms with Crippen molar-refractivity contribution in [1.82, 2.24) is 10.2 Å². The fraction of sp³-hybridized carbons (Fsp3) is 0.850. The second-order valence-corrected chi connectivity index (χ2v) is 19.4. The molecule has 6 rings (SSSR count). The lowest BCUT2D eigenvalue weighted by molar-refractivity contribution is -0.214. The molecule has 9 nitrogen and oxygen atoms in total. The van der Waals surface area contributed by atoms with E-state index in [1.807, 2.05) is 4.90 Å². The topological polar surface area (TPSA) is 139 Å². The summed E-state index contributed by atoms with van der Waals surface area (Å²) in [4.78, 5) is 54.3. The maximum Gasteiger partial charge on any atom is 0.318 e. The number of Topliss-reactive ketones (excluding diaryl/α,β-unsaturated/α-hetero) is 1. The number of esters is 1. The lowest BCUT2D eigenvalue weighted by atomic mass is 9.34. The summed E-state index contributed by atoms with van der Waals surface area (Å²) in [6.45, 7) is 20.7. The highest BCUT2D eigenvalue weighted by atomic mass is 16.5. The van der Waals surface area contributed by atoms with Crippen molar-refractivity contribution in [3.63, 3.8) is 0 Å². The molecule has 5 fully saturated rings. The number of carbonyl (C=O) groups excluding carboxylic acids is 3. The summed E-state index contributed by atoms with van der Waals surface area (Å²) in [7, 11) is 0. The van der Waals surface area contributed by atoms with Crippen molar-refractivity contribution in [3.05, 3.63) is 11.1 Å². The van der Waals surface area contributed by atoms with Crippen molar-refractivity contribution in [3.8, 4) is 0 Å². The molecule has 49 heavy (non-hydrogen) atoms. The van der Waals surface area contributed by atoms with Crippen molar-refractivity contribution < 1.29 is 29.0 Å². The van der Waals surface area contributed by atoms with Crippen LogP contribution in [0.3, 0.4) is 0 Å². The van der Waals surface area contributed by atoms with Gasteiger partial charge in [0.05, 0.1) is 17.4 Å². The number of amides is 2. The number of carbonyl (C=O) groups is 4. The molecule has 9 atom stereocenters. The summed E-state index contributed by atoms with van der Waals surface area (Å²) in [5.41, 5.74) is 6.83. The number of carboxylic acids is 1. The van der Waals surface area contributed by atoms with Gasteiger partial charge in [-0.15, -0.1) is 0 Å². The molecular formula is C40H63N3O6. The SMILES string of the molecule is CC(C)C1C(=O)C[C@]2(NC(=O)N3CC[C@@H](N)C3)CC[C@]3(C)C(=C12)CCC1[C@@]2(C)CC[C@H](OC(=O)CC(C)(C)C(=O)O)C(C)(C)C2CC[C@]13C. The first-order chi connectivity index (χ1) is 22.6. The third kappa shape index (κ3) is 5.40. The van der Waals surface area contributed by atoms with E-state index in [9.17, 15) is 24.3 Å². The number of hydrogen-bond donors (Lipinski definition) is 3. The van der Waals surface area contributed by atoms with Crippen LogP contribution in [0.5, 0.6) is 0 Å². The molecule has 4 N–H and O–H groups in total. The molecule has 0 radical (unpaired) electrons. The van der Waals surface area contributed by atoms with Crippen LogP contribution in [0.2, 0.25) is 0 Å². The van der Waals surface area contributed by atoms with Crippen LogP contribution >= 0.6 is 0 Å². The smallest absolute Gasteiger partial charge is 0.318 e. The number of rotatable bonds is 6. The van der Waals surface area contributed by atoms with Crippen LogP contribution in [0.25, 0.3) is 0 Å². The van der Waals surface area contributed by atoms with Gasteiger partial charge in [-0.2, -0.15) is 0 Å². The molecule has 274 valence electrons. The molecule has 3 unspecified atom stereocenters. The van der Waals surface area contributed by atoms with Gasteiger partial charge in [0.1, 0.15) is 11.9 Å². The van der Waals surface area contributed by atoms with Gasteiger partial charge in [0, 0.05) is 36.9 Å². The van der Waals surface area contributed by atoms with Crippen LogP contribution in [0.15, 0.2) is 11.1 Å². The number of urea groups is 1. The van der Waals surface area contributed by atoms with Gasteiger partial charge in [0.15, 0.2) is 0 Å². The van der Waals surface area contributed by atoms with Crippen molar-refractivity contribution >= 4 is 23.8 Å². The number of allylic oxidation sites excluding steroid dienone is 1. The normalized spacial score (nSPS) is 41.5. The molecule has 0 bridgehead atoms. The van der Waals surface area contributed by atoms with E-state index in [1.54, 1.807) is 13.8 Å². The molecule has 9 heteroatoms. The Hall–Kier alpha value is -2.42. The zero-order valence-electron chi connectivity index (χ0n) is 31.7. The second-order valence-electron chi connectivity index (χ2n) is 19.4. The Bertz CT molecular complexity index is 1450. The fourth-order valence-corrected chi connectivity index (χ4v) is 12.7. The van der Waals surface area contributed by atoms with Crippen molar-refractivity contribution in [2.75, 3.05) is 13.1 Å². The van der Waals surface area contributed by atoms with Crippen LogP contribution in [0.4, 0.5) is 4.79 Å². The van der Waals surface area contributed by atoms with Gasteiger partial charge in [0.2, 0.25) is 0 Å². The van der Waals surface area contributed by atoms with Crippen LogP contribution < -0.4 is 11.1 Å². The Kier molecular flexibility index (Phi) is 8.77. The largest absolute Gasteiger partial charge is 0.481 e. The molecule has 1 aliphatic heterocycles. The number of nitrogens with two attached hydrogens (primary N) is 1. The van der Waals surface area contributed by atoms with Gasteiger partial charge in [0.25, 0.3) is 0 Å². The lowest BCUT2D eigenvalue weighted by Crippen LogP contribution is -2.65. The third-order valence-corrected chi connectivity index (χ3v) is 15.6. The van der Waals surface area contributed by atoms with Gasteiger partial charge in [-0.3, -0.25) is 14.4 Å². The predicted octanol–water partition coefficient (Wildman–Crippen LogP) is 6.87. The first kappa shape index (κ1) is 36.4. The van der Waals surface area contributed by atoms with E-state index in [0.717, 1.165) is 57.8 Å². The number of likely N-dealkylation sites (tertiary alicyclic amines) is 1. The van der Waals surface area contributed by atoms with Crippen molar-refractivity contribution in [2.24, 2.45) is 56.5 Å². The van der Waals surface area contributed by atoms with Crippen molar-refractivity contribution in [2.45, 2.75) is 151 Å². The number of aliphatic carboxylic acids is 1. The van der Waals surface area contributed by atoms with Gasteiger partial charge in [-0.05, 0) is 111 Å². The lowest BCUT2D eigenvalue weighted by Gasteiger charge is -2.70. The maximum atomic E-state index is 13.9. The Morgan fingerprint density at radius 3 is 2.31 bits per heavy atom. The number of fused-ring (bicyclic) bond motifs is 6. The first-order valence-electron chi connectivity index (χ1n) is 19.2. The minimum absolute atomic E-state index is 0.00671. The van der Waals surface area contributed by atoms with E-state index in [0.29, 0.717) is 31.3 Å². The molecule has 0 spiro atoms. The number of nitrogens with zero attached hydrogens (tertiary/aromatic N) is 1. The average Bonchev–Trinajstić information content (AvgIpc) is 3.55. The fourth-order valence-electron chi connectivity index (χ4n) is 12.7. The Morgan fingerprint density at radius 2 is 1.69 bits per heavy atom. The highest BCUT2D eigenvalue weighted by molar-refractivity contribution is 5.92. The summed E-state index contributed by atoms with van der Waals surface area (Å²) >= 11 is 0. The zero-order valence-corrected chi connectivity index (χ0v) is 31.7. The predicted molar refractivity (Wildman–Crippen MR) is 188 cm³/mol. The number of nitrogens with one attached hydrogen (secondary N) is 1. The molecule has 0 aromatic heterocycles. The Labute approximate surface area is 293 Å². The summed E-state index contributed by atoms with van der Waals surface area (Å²) in [6, 6.07) is -0.0711. The second kappa shape index (κ2) is 11.8. The standard InChI is InChI=1S/C40H63N3O6/c1-23(2)31-26(44)20-40(42-34(48)43-19-14-24(41)22-43)18-17-38(8)25(32(31)40)10-11-28-37(7)15-13-29(49-30(45)21-35(3,4)33(46)47)36(5,6)27(37)12-16-39(28,38)9/h23-24,27-29,31H,10-22,41H2,1-9H3,(H,42,48)(H,46,47)/t24-,27?,28?,29+,31?,37+,38-,39-,40-/m1/s1. The van der Waals surface area contributed by atoms with Crippen LogP contribution in [0, 0.1) is 50.7 Å². The van der Waals surface area contributed by atoms with E-state index in [4.69, 9.17) is 10.5 Å². The molecule has 4 saturated carbocycles. The summed E-state index contributed by atoms with van der Waals surface area (Å²) in [5, 5.41) is 13.1. The van der Waals surface area contributed by atoms with E-state index in [2.05, 4.69) is 53.8 Å². The number of hydrogen-bond acceptors (Lipinski definition) is 6. The van der Waals surface area contributed by atoms with Gasteiger partial charge in [-0.1, -0.05) is 54.0 Å². The average molecular weight is 682 g/mol. The highest BCUT2D eigenvalue weighted by Crippen LogP contribution is 2.75. The monoisotopic (exact) mass is 681 g/mol. The Morgan fingerprint density at radius 1 is 1.00 bits per heavy atom. The highest BCUT2D eigenvalue weighted by Gasteiger charge is 2.69. The zero-order chi connectivity index (χ0) is 36.1. The minimum atomic E-state index is -1.17. The van der Waals surface area contributed by atoms with E-state index in [1.165, 1.54) is 11.1 Å². The number of ketones is 1. The van der Waals surface area contributed by atoms with E-state index < -0.39 is 22.9 Å². The molecule has 2 amide bonds. The van der Waals surface area contributed by atoms with Gasteiger partial charge >= 0.3 is 18.0 Å². The quantitative estimate of drug-likeness (QED) is 0.205. The Balaban J connectivity index is 1.31. The molecule has 0 aromatic carbocycles. The number of carboxylic acid groups (broad SMARTS) is 1. The molecule has 0 aromatic rings. The first-order valence-corrected chi connectivity index (χ1v) is 19.2. The van der Waals surface area contributed by atoms with E-state index >= 15 is 0 Å². The molecule has 6 aliphatic rings. The van der Waals surface area contributed by atoms with E-state index in [-0.39, 0.29) is 63.9 Å². The number of ether oxygens (including phenoxy) is 1. The van der Waals surface area contributed by atoms with Crippen LogP contribution in [0.1, 0.15) is 133 Å². The summed E-state index contributed by atoms with van der Waals surface area (Å²) in [5.74, 6) is -0.324. The van der Waals surface area contributed by atoms with Gasteiger partial charge in [-0.25, -0.2) is 4.79 Å². The molecule has 1 saturated heterocycles. The molecular weight excluding hydrogens is 618 g/mol. The summed E-state index contributed by atoms with van der Waals surface area (Å²) in [6.07, 6.45) is 8.36.